The molecule has 2 aromatic rings. The Balaban J connectivity index is 2.33. The zero-order valence-electron chi connectivity index (χ0n) is 13.0. The lowest BCUT2D eigenvalue weighted by Gasteiger charge is -2.09. The summed E-state index contributed by atoms with van der Waals surface area (Å²) in [5.74, 6) is -1.05. The van der Waals surface area contributed by atoms with Crippen LogP contribution in [-0.4, -0.2) is 25.6 Å². The maximum Gasteiger partial charge on any atom is 0.354 e. The molecule has 0 bridgehead atoms. The molecule has 2 rings (SSSR count). The number of benzene rings is 1. The lowest BCUT2D eigenvalue weighted by Crippen LogP contribution is -2.13. The summed E-state index contributed by atoms with van der Waals surface area (Å²) >= 11 is 0. The Morgan fingerprint density at radius 3 is 2.65 bits per heavy atom. The predicted molar refractivity (Wildman–Crippen MR) is 83.3 cm³/mol. The summed E-state index contributed by atoms with van der Waals surface area (Å²) in [6.07, 6.45) is 1.31. The summed E-state index contributed by atoms with van der Waals surface area (Å²) in [4.78, 5) is 11.7. The quantitative estimate of drug-likeness (QED) is 0.848. The Bertz CT molecular complexity index is 843. The minimum atomic E-state index is -3.90. The highest BCUT2D eigenvalue weighted by atomic mass is 32.2. The summed E-state index contributed by atoms with van der Waals surface area (Å²) in [7, 11) is -2.35. The van der Waals surface area contributed by atoms with Crippen molar-refractivity contribution in [2.75, 3.05) is 11.3 Å². The first-order chi connectivity index (χ1) is 10.7. The van der Waals surface area contributed by atoms with Crippen LogP contribution in [0.3, 0.4) is 0 Å². The van der Waals surface area contributed by atoms with Crippen molar-refractivity contribution in [3.63, 3.8) is 0 Å². The molecule has 0 radical (unpaired) electrons. The highest BCUT2D eigenvalue weighted by molar-refractivity contribution is 7.92. The smallest absolute Gasteiger partial charge is 0.354 e. The van der Waals surface area contributed by atoms with Gasteiger partial charge in [-0.2, -0.15) is 0 Å². The molecule has 0 saturated heterocycles. The number of carbonyl (C=O) groups excluding carboxylic acids is 1. The number of sulfonamides is 1. The van der Waals surface area contributed by atoms with Crippen LogP contribution in [-0.2, 0) is 21.8 Å². The van der Waals surface area contributed by atoms with Crippen molar-refractivity contribution in [2.45, 2.75) is 18.7 Å². The summed E-state index contributed by atoms with van der Waals surface area (Å²) < 4.78 is 46.5. The molecule has 0 aliphatic carbocycles. The second-order valence-corrected chi connectivity index (χ2v) is 6.64. The molecule has 8 heteroatoms. The SMILES string of the molecule is CCOC(=O)c1cc(S(=O)(=O)Nc2ccc(F)cc2C)cn1C. The predicted octanol–water partition coefficient (Wildman–Crippen LogP) is 2.45. The van der Waals surface area contributed by atoms with Gasteiger partial charge in [0.2, 0.25) is 0 Å². The molecule has 6 nitrogen and oxygen atoms in total. The molecular formula is C15H17FN2O4S. The van der Waals surface area contributed by atoms with E-state index < -0.39 is 21.8 Å². The van der Waals surface area contributed by atoms with Gasteiger partial charge in [-0.15, -0.1) is 0 Å². The second kappa shape index (κ2) is 6.41. The fourth-order valence-electron chi connectivity index (χ4n) is 2.03. The largest absolute Gasteiger partial charge is 0.461 e. The lowest BCUT2D eigenvalue weighted by molar-refractivity contribution is 0.0515. The molecule has 0 aliphatic heterocycles. The van der Waals surface area contributed by atoms with Gasteiger partial charge in [0.15, 0.2) is 0 Å². The van der Waals surface area contributed by atoms with Crippen molar-refractivity contribution in [2.24, 2.45) is 7.05 Å². The number of anilines is 1. The van der Waals surface area contributed by atoms with Crippen molar-refractivity contribution >= 4 is 21.7 Å². The normalized spacial score (nSPS) is 11.3. The van der Waals surface area contributed by atoms with E-state index in [9.17, 15) is 17.6 Å². The first kappa shape index (κ1) is 17.0. The third-order valence-electron chi connectivity index (χ3n) is 3.21. The fourth-order valence-corrected chi connectivity index (χ4v) is 3.23. The van der Waals surface area contributed by atoms with Gasteiger partial charge >= 0.3 is 5.97 Å². The van der Waals surface area contributed by atoms with Gasteiger partial charge in [0.1, 0.15) is 16.4 Å². The Morgan fingerprint density at radius 1 is 1.35 bits per heavy atom. The summed E-state index contributed by atoms with van der Waals surface area (Å²) in [5.41, 5.74) is 0.853. The first-order valence-electron chi connectivity index (χ1n) is 6.87. The van der Waals surface area contributed by atoms with Crippen LogP contribution in [0.25, 0.3) is 0 Å². The molecule has 23 heavy (non-hydrogen) atoms. The molecule has 0 atom stereocenters. The van der Waals surface area contributed by atoms with Gasteiger partial charge in [-0.25, -0.2) is 17.6 Å². The molecule has 0 spiro atoms. The maximum absolute atomic E-state index is 13.1. The Hall–Kier alpha value is -2.35. The number of aryl methyl sites for hydroxylation is 2. The van der Waals surface area contributed by atoms with E-state index in [0.29, 0.717) is 5.56 Å². The Labute approximate surface area is 133 Å². The summed E-state index contributed by atoms with van der Waals surface area (Å²) in [6, 6.07) is 4.98. The van der Waals surface area contributed by atoms with Gasteiger partial charge in [-0.05, 0) is 43.7 Å². The number of ether oxygens (including phenoxy) is 1. The van der Waals surface area contributed by atoms with Crippen LogP contribution in [0.2, 0.25) is 0 Å². The molecular weight excluding hydrogens is 323 g/mol. The van der Waals surface area contributed by atoms with Crippen LogP contribution >= 0.6 is 0 Å². The van der Waals surface area contributed by atoms with E-state index in [4.69, 9.17) is 4.74 Å². The summed E-state index contributed by atoms with van der Waals surface area (Å²) in [5, 5.41) is 0. The van der Waals surface area contributed by atoms with Crippen molar-refractivity contribution in [3.8, 4) is 0 Å². The summed E-state index contributed by atoms with van der Waals surface area (Å²) in [6.45, 7) is 3.45. The number of nitrogens with zero attached hydrogens (tertiary/aromatic N) is 1. The number of hydrogen-bond donors (Lipinski definition) is 1. The van der Waals surface area contributed by atoms with Crippen LogP contribution < -0.4 is 4.72 Å². The van der Waals surface area contributed by atoms with Crippen LogP contribution in [0.15, 0.2) is 35.4 Å². The van der Waals surface area contributed by atoms with Crippen LogP contribution in [0.4, 0.5) is 10.1 Å². The fraction of sp³-hybridized carbons (Fsp3) is 0.267. The third kappa shape index (κ3) is 3.70. The third-order valence-corrected chi connectivity index (χ3v) is 4.54. The standard InChI is InChI=1S/C15H17FN2O4S/c1-4-22-15(19)14-8-12(9-18(14)3)23(20,21)17-13-6-5-11(16)7-10(13)2/h5-9,17H,4H2,1-3H3. The van der Waals surface area contributed by atoms with Crippen molar-refractivity contribution in [3.05, 3.63) is 47.5 Å². The van der Waals surface area contributed by atoms with Crippen LogP contribution in [0.5, 0.6) is 0 Å². The number of esters is 1. The van der Waals surface area contributed by atoms with E-state index in [1.807, 2.05) is 0 Å². The lowest BCUT2D eigenvalue weighted by atomic mass is 10.2. The van der Waals surface area contributed by atoms with Crippen molar-refractivity contribution < 1.29 is 22.3 Å². The number of hydrogen-bond acceptors (Lipinski definition) is 4. The number of aromatic nitrogens is 1. The highest BCUT2D eigenvalue weighted by Gasteiger charge is 2.21. The van der Waals surface area contributed by atoms with Crippen LogP contribution in [0.1, 0.15) is 23.0 Å². The van der Waals surface area contributed by atoms with Gasteiger partial charge in [-0.3, -0.25) is 4.72 Å². The topological polar surface area (TPSA) is 77.4 Å². The molecule has 1 aromatic carbocycles. The molecule has 1 aromatic heterocycles. The zero-order valence-corrected chi connectivity index (χ0v) is 13.8. The van der Waals surface area contributed by atoms with Gasteiger partial charge < -0.3 is 9.30 Å². The van der Waals surface area contributed by atoms with Gasteiger partial charge in [0.25, 0.3) is 10.0 Å². The molecule has 1 N–H and O–H groups in total. The second-order valence-electron chi connectivity index (χ2n) is 4.96. The minimum Gasteiger partial charge on any atom is -0.461 e. The molecule has 1 heterocycles. The van der Waals surface area contributed by atoms with E-state index >= 15 is 0 Å². The average Bonchev–Trinajstić information content (AvgIpc) is 2.85. The van der Waals surface area contributed by atoms with E-state index in [1.54, 1.807) is 20.9 Å². The number of rotatable bonds is 5. The van der Waals surface area contributed by atoms with E-state index in [2.05, 4.69) is 4.72 Å². The minimum absolute atomic E-state index is 0.0771. The maximum atomic E-state index is 13.1. The highest BCUT2D eigenvalue weighted by Crippen LogP contribution is 2.22. The first-order valence-corrected chi connectivity index (χ1v) is 8.35. The van der Waals surface area contributed by atoms with Gasteiger partial charge in [0.05, 0.1) is 12.3 Å². The number of halogens is 1. The van der Waals surface area contributed by atoms with Gasteiger partial charge in [-0.1, -0.05) is 0 Å². The molecule has 0 aliphatic rings. The molecule has 0 fully saturated rings. The van der Waals surface area contributed by atoms with Gasteiger partial charge in [0, 0.05) is 13.2 Å². The number of nitrogens with one attached hydrogen (secondary N) is 1. The van der Waals surface area contributed by atoms with E-state index in [0.717, 1.165) is 0 Å². The van der Waals surface area contributed by atoms with Crippen LogP contribution in [0, 0.1) is 12.7 Å². The van der Waals surface area contributed by atoms with Crippen molar-refractivity contribution in [1.82, 2.24) is 4.57 Å². The molecule has 0 amide bonds. The zero-order chi connectivity index (χ0) is 17.2. The van der Waals surface area contributed by atoms with E-state index in [-0.39, 0.29) is 22.9 Å². The average molecular weight is 340 g/mol. The molecule has 124 valence electrons. The van der Waals surface area contributed by atoms with E-state index in [1.165, 1.54) is 35.0 Å². The Morgan fingerprint density at radius 2 is 2.04 bits per heavy atom. The molecule has 0 saturated carbocycles. The Kier molecular flexibility index (Phi) is 4.74. The van der Waals surface area contributed by atoms with Crippen molar-refractivity contribution in [1.29, 1.82) is 0 Å². The molecule has 0 unspecified atom stereocenters. The number of carbonyl (C=O) groups is 1. The monoisotopic (exact) mass is 340 g/mol.